The largest absolute Gasteiger partial charge is 0.384 e. The molecule has 2 aromatic carbocycles. The van der Waals surface area contributed by atoms with Crippen molar-refractivity contribution in [3.8, 4) is 0 Å². The lowest BCUT2D eigenvalue weighted by atomic mass is 10.2. The number of allylic oxidation sites excluding steroid dienone is 1. The van der Waals surface area contributed by atoms with E-state index in [2.05, 4.69) is 47.5 Å². The van der Waals surface area contributed by atoms with E-state index in [4.69, 9.17) is 16.3 Å². The fraction of sp³-hybridized carbons (Fsp3) is 0.259. The molecule has 0 aliphatic carbocycles. The van der Waals surface area contributed by atoms with Gasteiger partial charge in [-0.3, -0.25) is 4.90 Å². The first-order valence-electron chi connectivity index (χ1n) is 12.2. The van der Waals surface area contributed by atoms with Gasteiger partial charge in [0.1, 0.15) is 17.5 Å². The molecule has 1 saturated heterocycles. The van der Waals surface area contributed by atoms with Crippen molar-refractivity contribution in [2.45, 2.75) is 6.92 Å². The van der Waals surface area contributed by atoms with Crippen molar-refractivity contribution in [2.24, 2.45) is 9.98 Å². The van der Waals surface area contributed by atoms with Crippen LogP contribution in [-0.2, 0) is 4.74 Å². The highest BCUT2D eigenvalue weighted by atomic mass is 35.5. The molecule has 1 aromatic heterocycles. The standard InChI is InChI=1S/C27H30ClFN8O/c1-3-24(35-26(30-2)22-18-19(28)4-9-23(22)29)34-25-10-11-32-27(36-25)33-21-7-5-20(6-8-21)31-12-13-37-14-16-38-17-15-37/h3-11,18,31H,2,12-17H2,1H3,(H2,32,33,34,36)/b24-3-,35-26?. The highest BCUT2D eigenvalue weighted by Gasteiger charge is 2.11. The zero-order chi connectivity index (χ0) is 26.7. The van der Waals surface area contributed by atoms with E-state index in [9.17, 15) is 4.39 Å². The van der Waals surface area contributed by atoms with Gasteiger partial charge in [-0.2, -0.15) is 4.98 Å². The van der Waals surface area contributed by atoms with Gasteiger partial charge in [0, 0.05) is 48.8 Å². The average molecular weight is 537 g/mol. The number of rotatable bonds is 10. The molecule has 3 N–H and O–H groups in total. The number of anilines is 4. The van der Waals surface area contributed by atoms with Crippen molar-refractivity contribution in [3.63, 3.8) is 0 Å². The van der Waals surface area contributed by atoms with Gasteiger partial charge in [-0.15, -0.1) is 0 Å². The Morgan fingerprint density at radius 2 is 1.92 bits per heavy atom. The topological polar surface area (TPSA) is 99.1 Å². The molecule has 1 aliphatic heterocycles. The van der Waals surface area contributed by atoms with Crippen molar-refractivity contribution in [2.75, 3.05) is 55.3 Å². The molecular weight excluding hydrogens is 507 g/mol. The number of ether oxygens (including phenoxy) is 1. The fourth-order valence-corrected chi connectivity index (χ4v) is 3.90. The van der Waals surface area contributed by atoms with E-state index < -0.39 is 5.82 Å². The number of hydrogen-bond donors (Lipinski definition) is 3. The minimum absolute atomic E-state index is 0.0941. The van der Waals surface area contributed by atoms with E-state index >= 15 is 0 Å². The summed E-state index contributed by atoms with van der Waals surface area (Å²) in [7, 11) is 0. The van der Waals surface area contributed by atoms with Crippen LogP contribution in [-0.4, -0.2) is 66.8 Å². The van der Waals surface area contributed by atoms with Gasteiger partial charge in [0.05, 0.1) is 18.8 Å². The lowest BCUT2D eigenvalue weighted by Crippen LogP contribution is -2.38. The molecule has 11 heteroatoms. The van der Waals surface area contributed by atoms with Crippen LogP contribution >= 0.6 is 11.6 Å². The first kappa shape index (κ1) is 27.2. The molecule has 9 nitrogen and oxygen atoms in total. The number of nitrogens with zero attached hydrogens (tertiary/aromatic N) is 5. The summed E-state index contributed by atoms with van der Waals surface area (Å²) in [6, 6.07) is 13.8. The molecule has 3 aromatic rings. The summed E-state index contributed by atoms with van der Waals surface area (Å²) in [5.74, 6) is 0.907. The molecular formula is C27H30ClFN8O. The number of morpholine rings is 1. The maximum absolute atomic E-state index is 14.3. The third-order valence-corrected chi connectivity index (χ3v) is 5.97. The van der Waals surface area contributed by atoms with Crippen LogP contribution in [0.15, 0.2) is 76.6 Å². The van der Waals surface area contributed by atoms with Gasteiger partial charge in [-0.25, -0.2) is 19.4 Å². The smallest absolute Gasteiger partial charge is 0.229 e. The quantitative estimate of drug-likeness (QED) is 0.242. The molecule has 0 atom stereocenters. The van der Waals surface area contributed by atoms with Crippen LogP contribution in [0.2, 0.25) is 5.02 Å². The minimum atomic E-state index is -0.497. The summed E-state index contributed by atoms with van der Waals surface area (Å²) in [4.78, 5) is 19.5. The van der Waals surface area contributed by atoms with Gasteiger partial charge >= 0.3 is 0 Å². The van der Waals surface area contributed by atoms with Gasteiger partial charge in [0.15, 0.2) is 5.84 Å². The van der Waals surface area contributed by atoms with Crippen molar-refractivity contribution >= 4 is 47.3 Å². The second kappa shape index (κ2) is 13.6. The molecule has 4 rings (SSSR count). The second-order valence-corrected chi connectivity index (χ2v) is 8.80. The number of aromatic nitrogens is 2. The van der Waals surface area contributed by atoms with Crippen LogP contribution in [0.3, 0.4) is 0 Å². The fourth-order valence-electron chi connectivity index (χ4n) is 3.73. The molecule has 38 heavy (non-hydrogen) atoms. The zero-order valence-corrected chi connectivity index (χ0v) is 21.9. The van der Waals surface area contributed by atoms with Crippen molar-refractivity contribution in [1.82, 2.24) is 14.9 Å². The number of amidine groups is 1. The van der Waals surface area contributed by atoms with Crippen molar-refractivity contribution in [3.05, 3.63) is 83.0 Å². The number of aliphatic imine (C=N–C) groups is 2. The Bertz CT molecular complexity index is 1290. The molecule has 0 saturated carbocycles. The number of benzene rings is 2. The predicted molar refractivity (Wildman–Crippen MR) is 152 cm³/mol. The summed E-state index contributed by atoms with van der Waals surface area (Å²) in [6.45, 7) is 10.7. The predicted octanol–water partition coefficient (Wildman–Crippen LogP) is 5.18. The van der Waals surface area contributed by atoms with Gasteiger partial charge in [0.25, 0.3) is 0 Å². The van der Waals surface area contributed by atoms with E-state index in [0.717, 1.165) is 50.8 Å². The first-order chi connectivity index (χ1) is 18.5. The number of hydrogen-bond acceptors (Lipinski definition) is 8. The van der Waals surface area contributed by atoms with Crippen LogP contribution in [0.25, 0.3) is 0 Å². The van der Waals surface area contributed by atoms with E-state index in [1.165, 1.54) is 18.2 Å². The Balaban J connectivity index is 1.36. The van der Waals surface area contributed by atoms with Crippen molar-refractivity contribution < 1.29 is 9.13 Å². The van der Waals surface area contributed by atoms with E-state index in [1.54, 1.807) is 25.3 Å². The molecule has 0 amide bonds. The maximum Gasteiger partial charge on any atom is 0.229 e. The van der Waals surface area contributed by atoms with E-state index in [-0.39, 0.29) is 11.4 Å². The van der Waals surface area contributed by atoms with Crippen LogP contribution in [0, 0.1) is 5.82 Å². The second-order valence-electron chi connectivity index (χ2n) is 8.37. The lowest BCUT2D eigenvalue weighted by Gasteiger charge is -2.26. The van der Waals surface area contributed by atoms with Crippen LogP contribution in [0.1, 0.15) is 12.5 Å². The Hall–Kier alpha value is -3.86. The molecule has 2 heterocycles. The van der Waals surface area contributed by atoms with E-state index in [0.29, 0.717) is 22.6 Å². The number of halogens is 2. The van der Waals surface area contributed by atoms with Crippen LogP contribution in [0.4, 0.5) is 27.5 Å². The summed E-state index contributed by atoms with van der Waals surface area (Å²) < 4.78 is 19.7. The molecule has 198 valence electrons. The number of nitrogens with one attached hydrogen (secondary N) is 3. The molecule has 0 bridgehead atoms. The highest BCUT2D eigenvalue weighted by Crippen LogP contribution is 2.20. The third kappa shape index (κ3) is 7.82. The SMILES string of the molecule is C=NC(=N/C(=C\C)Nc1ccnc(Nc2ccc(NCCN3CCOCC3)cc2)n1)c1cc(Cl)ccc1F. The van der Waals surface area contributed by atoms with Gasteiger partial charge < -0.3 is 20.7 Å². The third-order valence-electron chi connectivity index (χ3n) is 5.73. The Labute approximate surface area is 226 Å². The Kier molecular flexibility index (Phi) is 9.74. The average Bonchev–Trinajstić information content (AvgIpc) is 2.94. The zero-order valence-electron chi connectivity index (χ0n) is 21.1. The Morgan fingerprint density at radius 1 is 1.16 bits per heavy atom. The molecule has 0 unspecified atom stereocenters. The lowest BCUT2D eigenvalue weighted by molar-refractivity contribution is 0.0398. The normalized spacial score (nSPS) is 14.7. The van der Waals surface area contributed by atoms with Gasteiger partial charge in [0.2, 0.25) is 5.95 Å². The highest BCUT2D eigenvalue weighted by molar-refractivity contribution is 6.31. The maximum atomic E-state index is 14.3. The molecule has 1 aliphatic rings. The molecule has 0 radical (unpaired) electrons. The minimum Gasteiger partial charge on any atom is -0.384 e. The van der Waals surface area contributed by atoms with Gasteiger partial charge in [-0.05, 0) is 68.2 Å². The Morgan fingerprint density at radius 3 is 2.66 bits per heavy atom. The van der Waals surface area contributed by atoms with Crippen LogP contribution < -0.4 is 16.0 Å². The van der Waals surface area contributed by atoms with Crippen LogP contribution in [0.5, 0.6) is 0 Å². The molecule has 0 spiro atoms. The summed E-state index contributed by atoms with van der Waals surface area (Å²) >= 11 is 6.02. The summed E-state index contributed by atoms with van der Waals surface area (Å²) in [6.07, 6.45) is 3.34. The molecule has 1 fully saturated rings. The monoisotopic (exact) mass is 536 g/mol. The van der Waals surface area contributed by atoms with Gasteiger partial charge in [-0.1, -0.05) is 11.6 Å². The summed E-state index contributed by atoms with van der Waals surface area (Å²) in [5, 5.41) is 10.1. The first-order valence-corrected chi connectivity index (χ1v) is 12.6. The van der Waals surface area contributed by atoms with Crippen molar-refractivity contribution in [1.29, 1.82) is 0 Å². The summed E-state index contributed by atoms with van der Waals surface area (Å²) in [5.41, 5.74) is 2.04. The van der Waals surface area contributed by atoms with E-state index in [1.807, 2.05) is 24.3 Å².